The summed E-state index contributed by atoms with van der Waals surface area (Å²) in [6.07, 6.45) is -0.603. The van der Waals surface area contributed by atoms with Crippen LogP contribution in [0.4, 0.5) is 17.1 Å². The minimum absolute atomic E-state index is 0.142. The number of hydrogen-bond donors (Lipinski definition) is 0. The van der Waals surface area contributed by atoms with Gasteiger partial charge in [-0.2, -0.15) is 0 Å². The Kier molecular flexibility index (Phi) is 8.93. The second-order valence-corrected chi connectivity index (χ2v) is 10.3. The van der Waals surface area contributed by atoms with Crippen LogP contribution in [0.1, 0.15) is 29.0 Å². The number of hydrogen-bond acceptors (Lipinski definition) is 10. The lowest BCUT2D eigenvalue weighted by atomic mass is 10.1. The molecular formula is C35H34N4O6. The third-order valence-corrected chi connectivity index (χ3v) is 7.59. The molecule has 1 atom stereocenters. The zero-order valence-corrected chi connectivity index (χ0v) is 25.2. The highest BCUT2D eigenvalue weighted by Crippen LogP contribution is 2.42. The molecule has 0 radical (unpaired) electrons. The number of carbonyl (C=O) groups excluding carboxylic acids is 2. The number of esters is 2. The van der Waals surface area contributed by atoms with Crippen LogP contribution < -0.4 is 24.3 Å². The zero-order valence-electron chi connectivity index (χ0n) is 25.2. The van der Waals surface area contributed by atoms with E-state index in [4.69, 9.17) is 24.0 Å². The average molecular weight is 607 g/mol. The summed E-state index contributed by atoms with van der Waals surface area (Å²) >= 11 is 0. The van der Waals surface area contributed by atoms with Gasteiger partial charge in [-0.15, -0.1) is 5.10 Å². The largest absolute Gasteiger partial charge is 0.493 e. The zero-order chi connectivity index (χ0) is 31.2. The second kappa shape index (κ2) is 13.5. The molecule has 4 aromatic carbocycles. The molecule has 0 bridgehead atoms. The van der Waals surface area contributed by atoms with Crippen molar-refractivity contribution in [3.63, 3.8) is 0 Å². The first-order valence-corrected chi connectivity index (χ1v) is 14.8. The van der Waals surface area contributed by atoms with Crippen LogP contribution in [0.15, 0.2) is 108 Å². The fraction of sp³-hybridized carbons (Fsp3) is 0.229. The lowest BCUT2D eigenvalue weighted by Gasteiger charge is -2.33. The number of nitrogens with zero attached hydrogens (tertiary/aromatic N) is 4. The number of rotatable bonds is 9. The molecule has 45 heavy (non-hydrogen) atoms. The topological polar surface area (TPSA) is 93.1 Å². The highest BCUT2D eigenvalue weighted by atomic mass is 16.6. The number of benzene rings is 4. The van der Waals surface area contributed by atoms with E-state index in [1.54, 1.807) is 48.3 Å². The maximum Gasteiger partial charge on any atom is 0.376 e. The molecule has 10 nitrogen and oxygen atoms in total. The number of para-hydroxylation sites is 1. The van der Waals surface area contributed by atoms with Crippen LogP contribution in [0.25, 0.3) is 0 Å². The first kappa shape index (κ1) is 29.7. The minimum Gasteiger partial charge on any atom is -0.493 e. The van der Waals surface area contributed by atoms with Crippen LogP contribution in [0, 0.1) is 0 Å². The smallest absolute Gasteiger partial charge is 0.376 e. The highest BCUT2D eigenvalue weighted by Gasteiger charge is 2.41. The van der Waals surface area contributed by atoms with Gasteiger partial charge in [0.05, 0.1) is 38.2 Å². The van der Waals surface area contributed by atoms with Crippen molar-refractivity contribution in [3.05, 3.63) is 114 Å². The Hall–Kier alpha value is -5.35. The fourth-order valence-electron chi connectivity index (χ4n) is 5.41. The van der Waals surface area contributed by atoms with Crippen molar-refractivity contribution in [3.8, 4) is 11.5 Å². The van der Waals surface area contributed by atoms with Gasteiger partial charge >= 0.3 is 11.9 Å². The molecule has 0 aliphatic carbocycles. The summed E-state index contributed by atoms with van der Waals surface area (Å²) in [7, 11) is 1.52. The van der Waals surface area contributed by atoms with Crippen LogP contribution in [-0.2, 0) is 14.3 Å². The molecule has 1 unspecified atom stereocenters. The summed E-state index contributed by atoms with van der Waals surface area (Å²) in [6, 6.07) is 31.8. The Labute approximate surface area is 262 Å². The quantitative estimate of drug-likeness (QED) is 0.177. The van der Waals surface area contributed by atoms with E-state index in [1.807, 2.05) is 71.6 Å². The van der Waals surface area contributed by atoms with E-state index in [0.29, 0.717) is 24.5 Å². The van der Waals surface area contributed by atoms with Gasteiger partial charge in [0.25, 0.3) is 0 Å². The molecule has 1 saturated heterocycles. The highest BCUT2D eigenvalue weighted by molar-refractivity contribution is 6.42. The normalized spacial score (nSPS) is 16.3. The molecule has 0 N–H and O–H groups in total. The Morgan fingerprint density at radius 2 is 1.47 bits per heavy atom. The summed E-state index contributed by atoms with van der Waals surface area (Å²) in [5.74, 6) is -0.269. The predicted octanol–water partition coefficient (Wildman–Crippen LogP) is 5.65. The van der Waals surface area contributed by atoms with Crippen molar-refractivity contribution in [2.45, 2.75) is 13.1 Å². The van der Waals surface area contributed by atoms with E-state index >= 15 is 0 Å². The Bertz CT molecular complexity index is 1660. The minimum atomic E-state index is -0.603. The number of carbonyl (C=O) groups is 2. The van der Waals surface area contributed by atoms with Gasteiger partial charge in [-0.05, 0) is 67.6 Å². The maximum atomic E-state index is 13.4. The average Bonchev–Trinajstić information content (AvgIpc) is 3.51. The molecule has 0 spiro atoms. The van der Waals surface area contributed by atoms with Crippen molar-refractivity contribution >= 4 is 34.8 Å². The molecule has 2 aliphatic heterocycles. The van der Waals surface area contributed by atoms with Crippen LogP contribution in [-0.4, -0.2) is 57.8 Å². The number of ether oxygens (including phenoxy) is 4. The molecule has 0 aromatic heterocycles. The second-order valence-electron chi connectivity index (χ2n) is 10.3. The standard InChI is InChI=1S/C35H34N4O6/c1-3-44-35(41)32-36-39(29-12-8-5-9-13-29)33(38(32)28-17-15-27(16-18-28)37-20-22-43-23-21-37)26-14-19-30(31(24-26)42-2)45-34(40)25-10-6-4-7-11-25/h4-19,24,33H,3,20-23H2,1-2H3. The maximum absolute atomic E-state index is 13.4. The van der Waals surface area contributed by atoms with Crippen molar-refractivity contribution in [2.75, 3.05) is 54.8 Å². The van der Waals surface area contributed by atoms with Gasteiger partial charge < -0.3 is 23.8 Å². The molecule has 10 heteroatoms. The molecule has 230 valence electrons. The van der Waals surface area contributed by atoms with Crippen molar-refractivity contribution in [1.82, 2.24) is 0 Å². The summed E-state index contributed by atoms with van der Waals surface area (Å²) in [4.78, 5) is 30.4. The monoisotopic (exact) mass is 606 g/mol. The van der Waals surface area contributed by atoms with Gasteiger partial charge in [-0.3, -0.25) is 4.90 Å². The van der Waals surface area contributed by atoms with Gasteiger partial charge in [0.1, 0.15) is 0 Å². The summed E-state index contributed by atoms with van der Waals surface area (Å²) in [5, 5.41) is 6.60. The number of amidine groups is 1. The molecule has 4 aromatic rings. The van der Waals surface area contributed by atoms with Crippen LogP contribution >= 0.6 is 0 Å². The van der Waals surface area contributed by atoms with E-state index in [2.05, 4.69) is 4.90 Å². The SMILES string of the molecule is CCOC(=O)C1=NN(c2ccccc2)C(c2ccc(OC(=O)c3ccccc3)c(OC)c2)N1c1ccc(N2CCOCC2)cc1. The van der Waals surface area contributed by atoms with E-state index in [0.717, 1.165) is 35.7 Å². The third kappa shape index (κ3) is 6.32. The van der Waals surface area contributed by atoms with Crippen molar-refractivity contribution in [2.24, 2.45) is 5.10 Å². The van der Waals surface area contributed by atoms with Gasteiger partial charge in [0.2, 0.25) is 5.84 Å². The lowest BCUT2D eigenvalue weighted by molar-refractivity contribution is -0.135. The summed E-state index contributed by atoms with van der Waals surface area (Å²) < 4.78 is 22.4. The number of morpholine rings is 1. The van der Waals surface area contributed by atoms with Gasteiger partial charge in [-0.25, -0.2) is 14.6 Å². The van der Waals surface area contributed by atoms with Crippen molar-refractivity contribution in [1.29, 1.82) is 0 Å². The molecule has 1 fully saturated rings. The molecule has 2 heterocycles. The van der Waals surface area contributed by atoms with Gasteiger partial charge in [-0.1, -0.05) is 42.5 Å². The Balaban J connectivity index is 1.41. The third-order valence-electron chi connectivity index (χ3n) is 7.59. The van der Waals surface area contributed by atoms with Gasteiger partial charge in [0.15, 0.2) is 17.7 Å². The number of anilines is 3. The van der Waals surface area contributed by atoms with Crippen molar-refractivity contribution < 1.29 is 28.5 Å². The van der Waals surface area contributed by atoms with Crippen LogP contribution in [0.5, 0.6) is 11.5 Å². The molecule has 2 aliphatic rings. The van der Waals surface area contributed by atoms with E-state index in [1.165, 1.54) is 7.11 Å². The molecule has 6 rings (SSSR count). The Morgan fingerprint density at radius 1 is 0.800 bits per heavy atom. The first-order valence-electron chi connectivity index (χ1n) is 14.8. The summed E-state index contributed by atoms with van der Waals surface area (Å²) in [6.45, 7) is 4.95. The molecule has 0 saturated carbocycles. The van der Waals surface area contributed by atoms with Gasteiger partial charge in [0, 0.05) is 30.0 Å². The lowest BCUT2D eigenvalue weighted by Crippen LogP contribution is -2.39. The fourth-order valence-corrected chi connectivity index (χ4v) is 5.41. The van der Waals surface area contributed by atoms with E-state index < -0.39 is 18.1 Å². The van der Waals surface area contributed by atoms with E-state index in [9.17, 15) is 9.59 Å². The molecule has 0 amide bonds. The first-order chi connectivity index (χ1) is 22.1. The number of hydrazone groups is 1. The van der Waals surface area contributed by atoms with E-state index in [-0.39, 0.29) is 18.2 Å². The Morgan fingerprint density at radius 3 is 2.13 bits per heavy atom. The predicted molar refractivity (Wildman–Crippen MR) is 172 cm³/mol. The number of methoxy groups -OCH3 is 1. The summed E-state index contributed by atoms with van der Waals surface area (Å²) in [5.41, 5.74) is 3.76. The van der Waals surface area contributed by atoms with Crippen LogP contribution in [0.3, 0.4) is 0 Å². The molecular weight excluding hydrogens is 572 g/mol. The van der Waals surface area contributed by atoms with Crippen LogP contribution in [0.2, 0.25) is 0 Å².